The smallest absolute Gasteiger partial charge is 0.175 e. The lowest BCUT2D eigenvalue weighted by molar-refractivity contribution is -0.333. The van der Waals surface area contributed by atoms with Gasteiger partial charge in [-0.05, 0) is 74.8 Å². The predicted octanol–water partition coefficient (Wildman–Crippen LogP) is 1.80. The molecule has 0 saturated carbocycles. The summed E-state index contributed by atoms with van der Waals surface area (Å²) in [5, 5.41) is 32.6. The van der Waals surface area contributed by atoms with Gasteiger partial charge in [0.2, 0.25) is 0 Å². The second-order valence-corrected chi connectivity index (χ2v) is 13.3. The molecule has 2 rings (SSSR count). The van der Waals surface area contributed by atoms with Gasteiger partial charge in [-0.25, -0.2) is 0 Å². The second-order valence-electron chi connectivity index (χ2n) is 13.3. The number of aliphatic hydroxyl groups excluding tert-OH is 3. The molecule has 11 nitrogen and oxygen atoms in total. The maximum atomic E-state index is 11.3. The van der Waals surface area contributed by atoms with Crippen LogP contribution in [-0.4, -0.2) is 138 Å². The number of hydrogen-bond donors (Lipinski definition) is 4. The van der Waals surface area contributed by atoms with Crippen LogP contribution in [0, 0.1) is 11.8 Å². The first-order chi connectivity index (χ1) is 19.7. The summed E-state index contributed by atoms with van der Waals surface area (Å²) in [7, 11) is 1.49. The second kappa shape index (κ2) is 17.9. The molecule has 2 fully saturated rings. The zero-order valence-corrected chi connectivity index (χ0v) is 27.9. The van der Waals surface area contributed by atoms with E-state index in [0.29, 0.717) is 37.2 Å². The summed E-state index contributed by atoms with van der Waals surface area (Å²) in [6, 6.07) is 0.728. The Hall–Kier alpha value is -0.440. The van der Waals surface area contributed by atoms with E-state index in [-0.39, 0.29) is 25.0 Å². The van der Waals surface area contributed by atoms with Crippen LogP contribution in [0.15, 0.2) is 0 Å². The third-order valence-corrected chi connectivity index (χ3v) is 9.03. The van der Waals surface area contributed by atoms with E-state index >= 15 is 0 Å². The normalized spacial score (nSPS) is 34.6. The standard InChI is InChI=1S/C31H63N3O8/c1-18(2)33(19(3)4)13-11-12-23-27(36)22(9)24(16-35)40-30(23)42-29-25(41-31(38-10)26(32)28(29)37)17-39-15-14-34(20(5)6)21(7)8/h18-31,35-37H,11-17,32H2,1-10H3/t22-,23?,24?,25?,26?,27+,28-,29+,30+,31-/m1/s1. The van der Waals surface area contributed by atoms with E-state index in [0.717, 1.165) is 19.5 Å². The van der Waals surface area contributed by atoms with Crippen LogP contribution < -0.4 is 5.73 Å². The maximum absolute atomic E-state index is 11.3. The summed E-state index contributed by atoms with van der Waals surface area (Å²) in [6.45, 7) is 21.3. The van der Waals surface area contributed by atoms with Gasteiger partial charge in [0.1, 0.15) is 18.3 Å². The van der Waals surface area contributed by atoms with Crippen molar-refractivity contribution in [3.8, 4) is 0 Å². The minimum atomic E-state index is -1.12. The topological polar surface area (TPSA) is 139 Å². The first-order valence-corrected chi connectivity index (χ1v) is 16.1. The average Bonchev–Trinajstić information content (AvgIpc) is 2.92. The largest absolute Gasteiger partial charge is 0.394 e. The molecule has 2 saturated heterocycles. The van der Waals surface area contributed by atoms with Gasteiger partial charge in [-0.2, -0.15) is 0 Å². The molecule has 2 aliphatic rings. The van der Waals surface area contributed by atoms with Gasteiger partial charge in [-0.15, -0.1) is 0 Å². The van der Waals surface area contributed by atoms with Crippen LogP contribution in [0.5, 0.6) is 0 Å². The van der Waals surface area contributed by atoms with E-state index in [1.165, 1.54) is 7.11 Å². The van der Waals surface area contributed by atoms with Crippen LogP contribution in [0.2, 0.25) is 0 Å². The number of methoxy groups -OCH3 is 1. The molecule has 0 aromatic heterocycles. The van der Waals surface area contributed by atoms with E-state index in [9.17, 15) is 15.3 Å². The summed E-state index contributed by atoms with van der Waals surface area (Å²) in [6.07, 6.45) is -4.23. The first kappa shape index (κ1) is 37.7. The molecule has 0 aromatic carbocycles. The van der Waals surface area contributed by atoms with Gasteiger partial charge in [0, 0.05) is 49.7 Å². The third-order valence-electron chi connectivity index (χ3n) is 9.03. The van der Waals surface area contributed by atoms with E-state index in [2.05, 4.69) is 65.2 Å². The number of ether oxygens (including phenoxy) is 5. The molecule has 42 heavy (non-hydrogen) atoms. The van der Waals surface area contributed by atoms with Crippen molar-refractivity contribution in [2.24, 2.45) is 17.6 Å². The molecule has 0 amide bonds. The number of rotatable bonds is 17. The highest BCUT2D eigenvalue weighted by Crippen LogP contribution is 2.36. The lowest BCUT2D eigenvalue weighted by Crippen LogP contribution is -2.65. The van der Waals surface area contributed by atoms with Crippen molar-refractivity contribution in [2.75, 3.05) is 40.0 Å². The fourth-order valence-corrected chi connectivity index (χ4v) is 6.53. The van der Waals surface area contributed by atoms with Crippen LogP contribution >= 0.6 is 0 Å². The Bertz CT molecular complexity index is 729. The first-order valence-electron chi connectivity index (χ1n) is 16.1. The molecule has 11 heteroatoms. The van der Waals surface area contributed by atoms with Crippen molar-refractivity contribution >= 4 is 0 Å². The summed E-state index contributed by atoms with van der Waals surface area (Å²) < 4.78 is 30.3. The molecular weight excluding hydrogens is 542 g/mol. The average molecular weight is 606 g/mol. The third kappa shape index (κ3) is 10.0. The molecular formula is C31H63N3O8. The van der Waals surface area contributed by atoms with Crippen LogP contribution in [0.3, 0.4) is 0 Å². The van der Waals surface area contributed by atoms with Gasteiger partial charge in [0.05, 0.1) is 38.1 Å². The van der Waals surface area contributed by atoms with Crippen molar-refractivity contribution in [3.05, 3.63) is 0 Å². The molecule has 0 aromatic rings. The Balaban J connectivity index is 2.20. The number of hydrogen-bond acceptors (Lipinski definition) is 11. The minimum Gasteiger partial charge on any atom is -0.394 e. The van der Waals surface area contributed by atoms with Crippen LogP contribution in [0.25, 0.3) is 0 Å². The van der Waals surface area contributed by atoms with Gasteiger partial charge < -0.3 is 44.7 Å². The number of aliphatic hydroxyl groups is 3. The SMILES string of the molecule is CO[C@@H]1OC(COCCN(C(C)C)C(C)C)[C@H](O[C@@H]2OC(CO)[C@@H](C)[C@H](O)C2CCCN(C(C)C)C(C)C)[C@H](O)C1N. The lowest BCUT2D eigenvalue weighted by Gasteiger charge is -2.48. The van der Waals surface area contributed by atoms with Gasteiger partial charge in [-0.1, -0.05) is 6.92 Å². The predicted molar refractivity (Wildman–Crippen MR) is 163 cm³/mol. The molecule has 10 atom stereocenters. The van der Waals surface area contributed by atoms with Crippen LogP contribution in [0.1, 0.15) is 75.2 Å². The van der Waals surface area contributed by atoms with Gasteiger partial charge in [-0.3, -0.25) is 9.80 Å². The molecule has 0 spiro atoms. The van der Waals surface area contributed by atoms with Crippen molar-refractivity contribution < 1.29 is 39.0 Å². The van der Waals surface area contributed by atoms with Crippen molar-refractivity contribution in [2.45, 2.75) is 148 Å². The Kier molecular flexibility index (Phi) is 16.1. The van der Waals surface area contributed by atoms with Crippen molar-refractivity contribution in [3.63, 3.8) is 0 Å². The Morgan fingerprint density at radius 3 is 1.88 bits per heavy atom. The lowest BCUT2D eigenvalue weighted by atomic mass is 9.82. The molecule has 5 N–H and O–H groups in total. The van der Waals surface area contributed by atoms with Gasteiger partial charge >= 0.3 is 0 Å². The fraction of sp³-hybridized carbons (Fsp3) is 1.00. The highest BCUT2D eigenvalue weighted by atomic mass is 16.7. The quantitative estimate of drug-likeness (QED) is 0.181. The summed E-state index contributed by atoms with van der Waals surface area (Å²) in [5.41, 5.74) is 6.30. The molecule has 250 valence electrons. The zero-order chi connectivity index (χ0) is 31.7. The fourth-order valence-electron chi connectivity index (χ4n) is 6.53. The maximum Gasteiger partial charge on any atom is 0.175 e. The zero-order valence-electron chi connectivity index (χ0n) is 27.9. The van der Waals surface area contributed by atoms with Gasteiger partial charge in [0.15, 0.2) is 12.6 Å². The monoisotopic (exact) mass is 605 g/mol. The van der Waals surface area contributed by atoms with Gasteiger partial charge in [0.25, 0.3) is 0 Å². The Morgan fingerprint density at radius 2 is 1.36 bits per heavy atom. The van der Waals surface area contributed by atoms with E-state index in [1.54, 1.807) is 0 Å². The summed E-state index contributed by atoms with van der Waals surface area (Å²) in [4.78, 5) is 4.76. The molecule has 0 bridgehead atoms. The highest BCUT2D eigenvalue weighted by Gasteiger charge is 2.49. The van der Waals surface area contributed by atoms with Crippen LogP contribution in [0.4, 0.5) is 0 Å². The van der Waals surface area contributed by atoms with E-state index < -0.39 is 49.1 Å². The van der Waals surface area contributed by atoms with Crippen molar-refractivity contribution in [1.82, 2.24) is 9.80 Å². The Labute approximate surface area is 254 Å². The minimum absolute atomic E-state index is 0.163. The highest BCUT2D eigenvalue weighted by molar-refractivity contribution is 4.95. The summed E-state index contributed by atoms with van der Waals surface area (Å²) in [5.74, 6) is -0.637. The van der Waals surface area contributed by atoms with Crippen LogP contribution in [-0.2, 0) is 23.7 Å². The summed E-state index contributed by atoms with van der Waals surface area (Å²) >= 11 is 0. The molecule has 2 aliphatic heterocycles. The molecule has 0 radical (unpaired) electrons. The number of nitrogens with two attached hydrogens (primary N) is 1. The van der Waals surface area contributed by atoms with E-state index in [4.69, 9.17) is 29.4 Å². The molecule has 4 unspecified atom stereocenters. The van der Waals surface area contributed by atoms with E-state index in [1.807, 2.05) is 6.92 Å². The number of nitrogens with zero attached hydrogens (tertiary/aromatic N) is 2. The Morgan fingerprint density at radius 1 is 0.810 bits per heavy atom. The molecule has 0 aliphatic carbocycles. The molecule has 2 heterocycles. The van der Waals surface area contributed by atoms with Crippen molar-refractivity contribution in [1.29, 1.82) is 0 Å².